The highest BCUT2D eigenvalue weighted by atomic mass is 16.6. The van der Waals surface area contributed by atoms with Crippen molar-refractivity contribution >= 4 is 21.5 Å². The van der Waals surface area contributed by atoms with Gasteiger partial charge in [-0.15, -0.1) is 0 Å². The molecule has 390 valence electrons. The van der Waals surface area contributed by atoms with Crippen LogP contribution in [0.5, 0.6) is 34.5 Å². The van der Waals surface area contributed by atoms with E-state index in [2.05, 4.69) is 156 Å². The molecule has 10 aromatic rings. The number of rotatable bonds is 6. The maximum Gasteiger partial charge on any atom is 0.130 e. The molecule has 2 aliphatic rings. The minimum atomic E-state index is 0.307. The standard InChI is InChI=1S/C68H60N2O8/c1-3-25-59-47(13-1)27-29-61-63(59)64-60-26-4-2-14-48(60)28-30-62(64)74-38-34-72-36-40-76-66-50-16-10-18-52(66)43-54-20-12-22-56(68(54)78-46-58-24-6-8-32-70-58)44-55-21-11-19-53(67(55)77-45-57-23-5-7-31-69-57)42-51-17-9-15-49(41-50)65(51)75-39-35-71-33-37-73-61/h1-32H,33-46H2. The Kier molecular flexibility index (Phi) is 15.5. The van der Waals surface area contributed by atoms with E-state index in [0.29, 0.717) is 91.8 Å². The van der Waals surface area contributed by atoms with E-state index in [4.69, 9.17) is 37.9 Å². The summed E-state index contributed by atoms with van der Waals surface area (Å²) in [5.74, 6) is 4.75. The van der Waals surface area contributed by atoms with Crippen LogP contribution in [0.3, 0.4) is 0 Å². The SMILES string of the molecule is c1ccc(COc2c3cccc2Cc2cccc(c2OCc2ccccn2)Cc2cccc4c2OCCOCCOc2ccc5ccccc5c2-c2c(ccc5ccccc25)OCCOCCOc2c(cccc2C3)C4)nc1. The number of fused-ring (bicyclic) bond motifs is 11. The molecule has 0 N–H and O–H groups in total. The first-order valence-corrected chi connectivity index (χ1v) is 26.9. The van der Waals surface area contributed by atoms with Crippen LogP contribution in [0.15, 0.2) is 194 Å². The normalized spacial score (nSPS) is 14.2. The Balaban J connectivity index is 0.925. The molecule has 12 rings (SSSR count). The van der Waals surface area contributed by atoms with Gasteiger partial charge in [-0.3, -0.25) is 9.97 Å². The molecular weight excluding hydrogens is 973 g/mol. The minimum absolute atomic E-state index is 0.307. The van der Waals surface area contributed by atoms with Crippen LogP contribution in [0.4, 0.5) is 0 Å². The summed E-state index contributed by atoms with van der Waals surface area (Å²) < 4.78 is 53.6. The zero-order valence-electron chi connectivity index (χ0n) is 43.5. The summed E-state index contributed by atoms with van der Waals surface area (Å²) in [6, 6.07) is 62.7. The highest BCUT2D eigenvalue weighted by Gasteiger charge is 2.24. The fraction of sp³-hybridized carbons (Fsp3) is 0.206. The summed E-state index contributed by atoms with van der Waals surface area (Å²) in [7, 11) is 0. The molecule has 1 aliphatic heterocycles. The van der Waals surface area contributed by atoms with Crippen LogP contribution in [-0.4, -0.2) is 62.8 Å². The van der Waals surface area contributed by atoms with Gasteiger partial charge in [-0.2, -0.15) is 0 Å². The molecule has 0 amide bonds. The summed E-state index contributed by atoms with van der Waals surface area (Å²) >= 11 is 0. The predicted octanol–water partition coefficient (Wildman–Crippen LogP) is 13.5. The van der Waals surface area contributed by atoms with Gasteiger partial charge in [0.2, 0.25) is 0 Å². The van der Waals surface area contributed by atoms with Crippen molar-refractivity contribution in [1.29, 1.82) is 0 Å². The fourth-order valence-corrected chi connectivity index (χ4v) is 10.8. The zero-order valence-corrected chi connectivity index (χ0v) is 43.5. The summed E-state index contributed by atoms with van der Waals surface area (Å²) in [6.45, 7) is 3.34. The number of hydrogen-bond acceptors (Lipinski definition) is 10. The van der Waals surface area contributed by atoms with Crippen LogP contribution in [-0.2, 0) is 48.4 Å². The number of benzene rings is 8. The molecule has 0 unspecified atom stereocenters. The number of ether oxygens (including phenoxy) is 8. The molecular formula is C68H60N2O8. The van der Waals surface area contributed by atoms with Crippen molar-refractivity contribution in [2.45, 2.75) is 38.9 Å². The van der Waals surface area contributed by atoms with E-state index in [0.717, 1.165) is 123 Å². The smallest absolute Gasteiger partial charge is 0.130 e. The molecule has 0 fully saturated rings. The largest absolute Gasteiger partial charge is 0.491 e. The van der Waals surface area contributed by atoms with Gasteiger partial charge in [-0.1, -0.05) is 146 Å². The van der Waals surface area contributed by atoms with E-state index < -0.39 is 0 Å². The van der Waals surface area contributed by atoms with Gasteiger partial charge < -0.3 is 37.9 Å². The van der Waals surface area contributed by atoms with Gasteiger partial charge in [0.25, 0.3) is 0 Å². The third-order valence-corrected chi connectivity index (χ3v) is 14.4. The van der Waals surface area contributed by atoms with Crippen molar-refractivity contribution in [1.82, 2.24) is 9.97 Å². The summed E-state index contributed by atoms with van der Waals surface area (Å²) in [6.07, 6.45) is 5.79. The number of hydrogen-bond donors (Lipinski definition) is 0. The van der Waals surface area contributed by atoms with E-state index in [1.54, 1.807) is 12.4 Å². The predicted molar refractivity (Wildman–Crippen MR) is 305 cm³/mol. The lowest BCUT2D eigenvalue weighted by Gasteiger charge is -2.23. The van der Waals surface area contributed by atoms with E-state index in [1.807, 2.05) is 36.4 Å². The topological polar surface area (TPSA) is 99.6 Å². The van der Waals surface area contributed by atoms with Crippen molar-refractivity contribution < 1.29 is 37.9 Å². The molecule has 10 bridgehead atoms. The molecule has 1 aliphatic carbocycles. The van der Waals surface area contributed by atoms with E-state index in [9.17, 15) is 0 Å². The Morgan fingerprint density at radius 3 is 1.09 bits per heavy atom. The molecule has 3 heterocycles. The second-order valence-corrected chi connectivity index (χ2v) is 19.5. The van der Waals surface area contributed by atoms with E-state index in [1.165, 1.54) is 0 Å². The van der Waals surface area contributed by atoms with Crippen LogP contribution < -0.4 is 28.4 Å². The maximum atomic E-state index is 6.93. The molecule has 0 saturated heterocycles. The van der Waals surface area contributed by atoms with Gasteiger partial charge in [0, 0.05) is 49.2 Å². The first kappa shape index (κ1) is 50.1. The average Bonchev–Trinajstić information content (AvgIpc) is 3.54. The highest BCUT2D eigenvalue weighted by Crippen LogP contribution is 2.46. The third kappa shape index (κ3) is 11.4. The van der Waals surface area contributed by atoms with Crippen molar-refractivity contribution in [3.8, 4) is 45.6 Å². The van der Waals surface area contributed by atoms with Gasteiger partial charge in [-0.05, 0) is 102 Å². The monoisotopic (exact) mass is 1030 g/mol. The van der Waals surface area contributed by atoms with Crippen LogP contribution >= 0.6 is 0 Å². The number of aromatic nitrogens is 2. The van der Waals surface area contributed by atoms with Crippen molar-refractivity contribution in [3.63, 3.8) is 0 Å². The lowest BCUT2D eigenvalue weighted by Crippen LogP contribution is -2.14. The van der Waals surface area contributed by atoms with E-state index >= 15 is 0 Å². The van der Waals surface area contributed by atoms with Gasteiger partial charge in [0.05, 0.1) is 37.8 Å². The van der Waals surface area contributed by atoms with Crippen molar-refractivity contribution in [2.75, 3.05) is 52.9 Å². The number of para-hydroxylation sites is 4. The Bertz CT molecular complexity index is 3440. The summed E-state index contributed by atoms with van der Waals surface area (Å²) in [5.41, 5.74) is 11.9. The molecule has 2 aromatic heterocycles. The second kappa shape index (κ2) is 24.1. The van der Waals surface area contributed by atoms with E-state index in [-0.39, 0.29) is 0 Å². The number of nitrogens with zero attached hydrogens (tertiary/aromatic N) is 2. The lowest BCUT2D eigenvalue weighted by atomic mass is 9.91. The average molecular weight is 1030 g/mol. The van der Waals surface area contributed by atoms with Crippen LogP contribution in [0.2, 0.25) is 0 Å². The second-order valence-electron chi connectivity index (χ2n) is 19.5. The summed E-state index contributed by atoms with van der Waals surface area (Å²) in [4.78, 5) is 9.23. The van der Waals surface area contributed by atoms with Crippen LogP contribution in [0.25, 0.3) is 32.7 Å². The molecule has 0 saturated carbocycles. The maximum absolute atomic E-state index is 6.93. The highest BCUT2D eigenvalue weighted by molar-refractivity contribution is 6.09. The first-order chi connectivity index (χ1) is 38.7. The molecule has 10 nitrogen and oxygen atoms in total. The van der Waals surface area contributed by atoms with Gasteiger partial charge in [-0.25, -0.2) is 0 Å². The molecule has 0 atom stereocenters. The summed E-state index contributed by atoms with van der Waals surface area (Å²) in [5, 5.41) is 4.35. The minimum Gasteiger partial charge on any atom is -0.491 e. The lowest BCUT2D eigenvalue weighted by molar-refractivity contribution is 0.0760. The van der Waals surface area contributed by atoms with Gasteiger partial charge in [0.1, 0.15) is 74.1 Å². The Hall–Kier alpha value is -8.70. The Labute approximate surface area is 455 Å². The fourth-order valence-electron chi connectivity index (χ4n) is 10.8. The first-order valence-electron chi connectivity index (χ1n) is 26.9. The molecule has 0 spiro atoms. The van der Waals surface area contributed by atoms with Crippen molar-refractivity contribution in [3.05, 3.63) is 250 Å². The Morgan fingerprint density at radius 2 is 0.679 bits per heavy atom. The molecule has 78 heavy (non-hydrogen) atoms. The Morgan fingerprint density at radius 1 is 0.321 bits per heavy atom. The van der Waals surface area contributed by atoms with Gasteiger partial charge >= 0.3 is 0 Å². The van der Waals surface area contributed by atoms with Gasteiger partial charge in [0.15, 0.2) is 0 Å². The number of pyridine rings is 2. The molecule has 8 aromatic carbocycles. The van der Waals surface area contributed by atoms with Crippen LogP contribution in [0.1, 0.15) is 55.9 Å². The molecule has 10 heteroatoms. The third-order valence-electron chi connectivity index (χ3n) is 14.4. The quantitative estimate of drug-likeness (QED) is 0.160. The van der Waals surface area contributed by atoms with Crippen molar-refractivity contribution in [2.24, 2.45) is 0 Å². The zero-order chi connectivity index (χ0) is 52.3. The molecule has 0 radical (unpaired) electrons. The van der Waals surface area contributed by atoms with Crippen LogP contribution in [0, 0.1) is 0 Å².